The Bertz CT molecular complexity index is 972. The molecule has 4 heterocycles. The number of hydrogen-bond acceptors (Lipinski definition) is 7. The first kappa shape index (κ1) is 19.4. The van der Waals surface area contributed by atoms with Gasteiger partial charge in [-0.05, 0) is 43.9 Å². The number of ether oxygens (including phenoxy) is 1. The van der Waals surface area contributed by atoms with E-state index >= 15 is 0 Å². The van der Waals surface area contributed by atoms with Crippen LogP contribution in [0.25, 0.3) is 10.2 Å². The minimum Gasteiger partial charge on any atom is -0.376 e. The summed E-state index contributed by atoms with van der Waals surface area (Å²) in [6.45, 7) is 2.85. The van der Waals surface area contributed by atoms with Gasteiger partial charge in [0.05, 0.1) is 28.8 Å². The van der Waals surface area contributed by atoms with Crippen LogP contribution < -0.4 is 9.80 Å². The summed E-state index contributed by atoms with van der Waals surface area (Å²) in [6.07, 6.45) is 7.44. The Morgan fingerprint density at radius 2 is 2.03 bits per heavy atom. The Hall–Kier alpha value is -2.58. The van der Waals surface area contributed by atoms with Gasteiger partial charge in [0.2, 0.25) is 11.9 Å². The maximum Gasteiger partial charge on any atom is 0.233 e. The molecule has 2 atom stereocenters. The van der Waals surface area contributed by atoms with Crippen LogP contribution in [0, 0.1) is 5.92 Å². The van der Waals surface area contributed by atoms with Gasteiger partial charge in [0, 0.05) is 32.1 Å². The second-order valence-corrected chi connectivity index (χ2v) is 8.89. The van der Waals surface area contributed by atoms with E-state index in [2.05, 4.69) is 20.9 Å². The molecular formula is C22H25N5O2S. The van der Waals surface area contributed by atoms with E-state index in [1.165, 1.54) is 0 Å². The molecule has 2 saturated heterocycles. The van der Waals surface area contributed by atoms with Crippen molar-refractivity contribution < 1.29 is 9.53 Å². The van der Waals surface area contributed by atoms with Crippen molar-refractivity contribution in [3.8, 4) is 0 Å². The number of anilines is 2. The quantitative estimate of drug-likeness (QED) is 0.625. The average Bonchev–Trinajstić information content (AvgIpc) is 3.47. The van der Waals surface area contributed by atoms with Gasteiger partial charge >= 0.3 is 0 Å². The second kappa shape index (κ2) is 8.65. The molecule has 0 radical (unpaired) electrons. The van der Waals surface area contributed by atoms with E-state index in [1.807, 2.05) is 29.2 Å². The highest BCUT2D eigenvalue weighted by Crippen LogP contribution is 2.32. The molecule has 0 aliphatic carbocycles. The number of carbonyl (C=O) groups is 1. The number of amides is 1. The van der Waals surface area contributed by atoms with E-state index in [0.29, 0.717) is 19.0 Å². The Morgan fingerprint density at radius 3 is 2.83 bits per heavy atom. The van der Waals surface area contributed by atoms with Crippen LogP contribution in [0.15, 0.2) is 42.7 Å². The summed E-state index contributed by atoms with van der Waals surface area (Å²) >= 11 is 1.58. The number of carbonyl (C=O) groups excluding carboxylic acids is 1. The van der Waals surface area contributed by atoms with Gasteiger partial charge in [-0.3, -0.25) is 9.69 Å². The van der Waals surface area contributed by atoms with E-state index < -0.39 is 0 Å². The van der Waals surface area contributed by atoms with Crippen molar-refractivity contribution in [3.05, 3.63) is 42.7 Å². The first-order chi connectivity index (χ1) is 14.8. The maximum atomic E-state index is 13.7. The molecule has 2 aliphatic heterocycles. The second-order valence-electron chi connectivity index (χ2n) is 7.88. The topological polar surface area (TPSA) is 71.5 Å². The van der Waals surface area contributed by atoms with Crippen molar-refractivity contribution in [3.63, 3.8) is 0 Å². The van der Waals surface area contributed by atoms with Crippen molar-refractivity contribution >= 4 is 38.5 Å². The minimum absolute atomic E-state index is 0.0816. The predicted molar refractivity (Wildman–Crippen MR) is 118 cm³/mol. The Kier molecular flexibility index (Phi) is 5.59. The highest BCUT2D eigenvalue weighted by Gasteiger charge is 2.34. The average molecular weight is 424 g/mol. The summed E-state index contributed by atoms with van der Waals surface area (Å²) in [5.41, 5.74) is 0.936. The van der Waals surface area contributed by atoms with Crippen molar-refractivity contribution in [1.29, 1.82) is 0 Å². The van der Waals surface area contributed by atoms with Gasteiger partial charge in [0.25, 0.3) is 0 Å². The van der Waals surface area contributed by atoms with E-state index in [9.17, 15) is 4.79 Å². The number of rotatable bonds is 5. The third-order valence-electron chi connectivity index (χ3n) is 5.80. The fourth-order valence-corrected chi connectivity index (χ4v) is 5.25. The summed E-state index contributed by atoms with van der Waals surface area (Å²) in [6, 6.07) is 9.86. The zero-order chi connectivity index (χ0) is 20.3. The zero-order valence-corrected chi connectivity index (χ0v) is 17.6. The molecule has 2 aliphatic rings. The van der Waals surface area contributed by atoms with E-state index in [-0.39, 0.29) is 17.9 Å². The Morgan fingerprint density at radius 1 is 1.17 bits per heavy atom. The van der Waals surface area contributed by atoms with Gasteiger partial charge in [-0.25, -0.2) is 15.0 Å². The van der Waals surface area contributed by atoms with Crippen LogP contribution in [0.3, 0.4) is 0 Å². The normalized spacial score (nSPS) is 21.8. The van der Waals surface area contributed by atoms with Crippen LogP contribution in [0.4, 0.5) is 11.1 Å². The molecule has 0 bridgehead atoms. The number of piperidine rings is 1. The summed E-state index contributed by atoms with van der Waals surface area (Å²) < 4.78 is 6.96. The minimum atomic E-state index is -0.101. The molecule has 30 heavy (non-hydrogen) atoms. The number of nitrogens with zero attached hydrogens (tertiary/aromatic N) is 5. The molecule has 2 fully saturated rings. The lowest BCUT2D eigenvalue weighted by Gasteiger charge is -2.34. The van der Waals surface area contributed by atoms with Crippen molar-refractivity contribution in [2.75, 3.05) is 36.0 Å². The fourth-order valence-electron chi connectivity index (χ4n) is 4.27. The molecule has 156 valence electrons. The van der Waals surface area contributed by atoms with Gasteiger partial charge in [-0.15, -0.1) is 0 Å². The van der Waals surface area contributed by atoms with E-state index in [1.54, 1.807) is 23.7 Å². The summed E-state index contributed by atoms with van der Waals surface area (Å²) in [4.78, 5) is 31.2. The maximum absolute atomic E-state index is 13.7. The van der Waals surface area contributed by atoms with Crippen LogP contribution in [-0.4, -0.2) is 53.2 Å². The number of fused-ring (bicyclic) bond motifs is 1. The molecule has 0 N–H and O–H groups in total. The molecule has 0 saturated carbocycles. The molecule has 1 aromatic carbocycles. The lowest BCUT2D eigenvalue weighted by Crippen LogP contribution is -2.47. The number of hydrogen-bond donors (Lipinski definition) is 0. The smallest absolute Gasteiger partial charge is 0.233 e. The Balaban J connectivity index is 1.40. The summed E-state index contributed by atoms with van der Waals surface area (Å²) in [5, 5.41) is 0.768. The molecule has 0 spiro atoms. The number of benzene rings is 1. The first-order valence-corrected chi connectivity index (χ1v) is 11.4. The standard InChI is InChI=1S/C22H25N5O2S/c28-20(16-6-3-12-26(14-16)21-23-10-5-11-24-21)27(15-17-7-4-13-29-17)22-25-18-8-1-2-9-19(18)30-22/h1-2,5,8-11,16-17H,3-4,6-7,12-15H2/t16-,17-/m0/s1. The molecule has 2 aromatic heterocycles. The third-order valence-corrected chi connectivity index (χ3v) is 6.85. The molecule has 3 aromatic rings. The molecule has 0 unspecified atom stereocenters. The highest BCUT2D eigenvalue weighted by molar-refractivity contribution is 7.22. The van der Waals surface area contributed by atoms with Gasteiger partial charge in [0.1, 0.15) is 0 Å². The van der Waals surface area contributed by atoms with Crippen molar-refractivity contribution in [2.24, 2.45) is 5.92 Å². The van der Waals surface area contributed by atoms with Crippen LogP contribution in [0.5, 0.6) is 0 Å². The SMILES string of the molecule is O=C([C@H]1CCCN(c2ncccn2)C1)N(C[C@@H]1CCCO1)c1nc2ccccc2s1. The largest absolute Gasteiger partial charge is 0.376 e. The molecule has 7 nitrogen and oxygen atoms in total. The van der Waals surface area contributed by atoms with Crippen LogP contribution in [0.1, 0.15) is 25.7 Å². The number of para-hydroxylation sites is 1. The van der Waals surface area contributed by atoms with Gasteiger partial charge in [0.15, 0.2) is 5.13 Å². The van der Waals surface area contributed by atoms with Crippen LogP contribution in [0.2, 0.25) is 0 Å². The predicted octanol–water partition coefficient (Wildman–Crippen LogP) is 3.51. The lowest BCUT2D eigenvalue weighted by molar-refractivity contribution is -0.123. The lowest BCUT2D eigenvalue weighted by atomic mass is 9.96. The monoisotopic (exact) mass is 423 g/mol. The molecular weight excluding hydrogens is 398 g/mol. The van der Waals surface area contributed by atoms with Crippen LogP contribution >= 0.6 is 11.3 Å². The summed E-state index contributed by atoms with van der Waals surface area (Å²) in [5.74, 6) is 0.724. The third kappa shape index (κ3) is 4.02. The number of thiazole rings is 1. The molecule has 1 amide bonds. The van der Waals surface area contributed by atoms with Crippen LogP contribution in [-0.2, 0) is 9.53 Å². The van der Waals surface area contributed by atoms with Crippen molar-refractivity contribution in [1.82, 2.24) is 15.0 Å². The molecule has 5 rings (SSSR count). The van der Waals surface area contributed by atoms with E-state index in [4.69, 9.17) is 9.72 Å². The summed E-state index contributed by atoms with van der Waals surface area (Å²) in [7, 11) is 0. The first-order valence-electron chi connectivity index (χ1n) is 10.6. The number of aromatic nitrogens is 3. The zero-order valence-electron chi connectivity index (χ0n) is 16.8. The molecule has 8 heteroatoms. The van der Waals surface area contributed by atoms with Gasteiger partial charge < -0.3 is 9.64 Å². The Labute approximate surface area is 179 Å². The van der Waals surface area contributed by atoms with E-state index in [0.717, 1.165) is 54.2 Å². The van der Waals surface area contributed by atoms with Crippen molar-refractivity contribution in [2.45, 2.75) is 31.8 Å². The highest BCUT2D eigenvalue weighted by atomic mass is 32.1. The van der Waals surface area contributed by atoms with Gasteiger partial charge in [-0.1, -0.05) is 23.5 Å². The van der Waals surface area contributed by atoms with Gasteiger partial charge in [-0.2, -0.15) is 0 Å². The fraction of sp³-hybridized carbons (Fsp3) is 0.455.